The summed E-state index contributed by atoms with van der Waals surface area (Å²) < 4.78 is 0. The molecule has 0 heterocycles. The lowest BCUT2D eigenvalue weighted by Crippen LogP contribution is -2.35. The summed E-state index contributed by atoms with van der Waals surface area (Å²) in [7, 11) is 0. The molecule has 3 nitrogen and oxygen atoms in total. The van der Waals surface area contributed by atoms with Crippen molar-refractivity contribution in [3.8, 4) is 0 Å². The van der Waals surface area contributed by atoms with E-state index in [9.17, 15) is 4.79 Å². The molecule has 0 bridgehead atoms. The van der Waals surface area contributed by atoms with E-state index in [1.807, 2.05) is 38.1 Å². The molecule has 0 fully saturated rings. The summed E-state index contributed by atoms with van der Waals surface area (Å²) >= 11 is 0. The van der Waals surface area contributed by atoms with Crippen molar-refractivity contribution in [2.75, 3.05) is 19.7 Å². The fraction of sp³-hybridized carbons (Fsp3) is 0.500. The molecule has 0 radical (unpaired) electrons. The Kier molecular flexibility index (Phi) is 5.70. The number of carbonyl (C=O) groups is 1. The Balaban J connectivity index is 2.62. The Hall–Kier alpha value is -1.35. The van der Waals surface area contributed by atoms with Crippen molar-refractivity contribution < 1.29 is 9.90 Å². The molecule has 0 unspecified atom stereocenters. The van der Waals surface area contributed by atoms with Gasteiger partial charge in [-0.1, -0.05) is 36.8 Å². The van der Waals surface area contributed by atoms with Crippen molar-refractivity contribution >= 4 is 5.91 Å². The highest BCUT2D eigenvalue weighted by molar-refractivity contribution is 5.78. The van der Waals surface area contributed by atoms with Gasteiger partial charge in [-0.2, -0.15) is 0 Å². The van der Waals surface area contributed by atoms with E-state index in [1.165, 1.54) is 5.56 Å². The van der Waals surface area contributed by atoms with Crippen molar-refractivity contribution in [2.45, 2.75) is 26.7 Å². The molecule has 1 rings (SSSR count). The van der Waals surface area contributed by atoms with Gasteiger partial charge < -0.3 is 10.0 Å². The van der Waals surface area contributed by atoms with Gasteiger partial charge in [0, 0.05) is 13.1 Å². The second-order valence-corrected chi connectivity index (χ2v) is 4.27. The molecule has 0 aliphatic carbocycles. The van der Waals surface area contributed by atoms with Gasteiger partial charge in [-0.3, -0.25) is 4.79 Å². The van der Waals surface area contributed by atoms with E-state index < -0.39 is 0 Å². The van der Waals surface area contributed by atoms with E-state index in [4.69, 9.17) is 5.11 Å². The van der Waals surface area contributed by atoms with Crippen molar-refractivity contribution in [2.24, 2.45) is 0 Å². The van der Waals surface area contributed by atoms with Gasteiger partial charge >= 0.3 is 0 Å². The molecular weight excluding hydrogens is 214 g/mol. The number of aliphatic hydroxyl groups excluding tert-OH is 1. The number of nitrogens with zero attached hydrogens (tertiary/aromatic N) is 1. The summed E-state index contributed by atoms with van der Waals surface area (Å²) in [5.41, 5.74) is 2.20. The maximum atomic E-state index is 12.0. The van der Waals surface area contributed by atoms with E-state index in [0.717, 1.165) is 12.0 Å². The molecule has 0 atom stereocenters. The lowest BCUT2D eigenvalue weighted by molar-refractivity contribution is -0.131. The number of aryl methyl sites for hydroxylation is 1. The number of rotatable bonds is 6. The normalized spacial score (nSPS) is 10.3. The Morgan fingerprint density at radius 1 is 1.35 bits per heavy atom. The van der Waals surface area contributed by atoms with Crippen LogP contribution < -0.4 is 0 Å². The van der Waals surface area contributed by atoms with Gasteiger partial charge in [0.05, 0.1) is 13.0 Å². The van der Waals surface area contributed by atoms with Crippen molar-refractivity contribution in [3.05, 3.63) is 35.4 Å². The van der Waals surface area contributed by atoms with Crippen LogP contribution in [0, 0.1) is 6.92 Å². The van der Waals surface area contributed by atoms with Gasteiger partial charge in [-0.25, -0.2) is 0 Å². The molecule has 17 heavy (non-hydrogen) atoms. The number of amides is 1. The third-order valence-corrected chi connectivity index (χ3v) is 2.65. The Bertz CT molecular complexity index is 357. The van der Waals surface area contributed by atoms with Gasteiger partial charge in [0.2, 0.25) is 5.91 Å². The Morgan fingerprint density at radius 2 is 2.12 bits per heavy atom. The third kappa shape index (κ3) is 4.57. The fourth-order valence-corrected chi connectivity index (χ4v) is 1.86. The van der Waals surface area contributed by atoms with Gasteiger partial charge in [0.25, 0.3) is 0 Å². The predicted octanol–water partition coefficient (Wildman–Crippen LogP) is 1.77. The van der Waals surface area contributed by atoms with Crippen LogP contribution >= 0.6 is 0 Å². The minimum atomic E-state index is 0.0273. The number of hydrogen-bond acceptors (Lipinski definition) is 2. The first-order valence-electron chi connectivity index (χ1n) is 6.11. The molecule has 0 aliphatic rings. The second kappa shape index (κ2) is 7.07. The molecule has 1 aromatic rings. The first-order chi connectivity index (χ1) is 8.17. The lowest BCUT2D eigenvalue weighted by atomic mass is 10.1. The van der Waals surface area contributed by atoms with Gasteiger partial charge in [0.15, 0.2) is 0 Å². The molecule has 1 amide bonds. The highest BCUT2D eigenvalue weighted by Gasteiger charge is 2.12. The van der Waals surface area contributed by atoms with Crippen molar-refractivity contribution in [3.63, 3.8) is 0 Å². The van der Waals surface area contributed by atoms with Crippen LogP contribution in [-0.4, -0.2) is 35.6 Å². The average Bonchev–Trinajstić information content (AvgIpc) is 2.28. The molecule has 0 saturated heterocycles. The average molecular weight is 235 g/mol. The minimum Gasteiger partial charge on any atom is -0.395 e. The van der Waals surface area contributed by atoms with Gasteiger partial charge in [-0.15, -0.1) is 0 Å². The number of carbonyl (C=O) groups excluding carboxylic acids is 1. The zero-order valence-electron chi connectivity index (χ0n) is 10.6. The highest BCUT2D eigenvalue weighted by Crippen LogP contribution is 2.07. The quantitative estimate of drug-likeness (QED) is 0.816. The molecule has 0 saturated carbocycles. The van der Waals surface area contributed by atoms with Crippen LogP contribution in [-0.2, 0) is 11.2 Å². The largest absolute Gasteiger partial charge is 0.395 e. The standard InChI is InChI=1S/C14H21NO2/c1-3-7-15(8-9-16)14(17)11-13-6-4-5-12(2)10-13/h4-6,10,16H,3,7-9,11H2,1-2H3. The number of aliphatic hydroxyl groups is 1. The monoisotopic (exact) mass is 235 g/mol. The highest BCUT2D eigenvalue weighted by atomic mass is 16.3. The molecule has 0 aromatic heterocycles. The van der Waals surface area contributed by atoms with Crippen LogP contribution in [0.5, 0.6) is 0 Å². The summed E-state index contributed by atoms with van der Waals surface area (Å²) in [4.78, 5) is 13.7. The van der Waals surface area contributed by atoms with Crippen LogP contribution in [0.15, 0.2) is 24.3 Å². The van der Waals surface area contributed by atoms with Crippen LogP contribution in [0.25, 0.3) is 0 Å². The first kappa shape index (κ1) is 13.7. The number of hydrogen-bond donors (Lipinski definition) is 1. The SMILES string of the molecule is CCCN(CCO)C(=O)Cc1cccc(C)c1. The third-order valence-electron chi connectivity index (χ3n) is 2.65. The summed E-state index contributed by atoms with van der Waals surface area (Å²) in [6, 6.07) is 7.98. The maximum Gasteiger partial charge on any atom is 0.227 e. The fourth-order valence-electron chi connectivity index (χ4n) is 1.86. The minimum absolute atomic E-state index is 0.0273. The van der Waals surface area contributed by atoms with Gasteiger partial charge in [0.1, 0.15) is 0 Å². The molecule has 94 valence electrons. The van der Waals surface area contributed by atoms with E-state index in [-0.39, 0.29) is 12.5 Å². The van der Waals surface area contributed by atoms with Crippen molar-refractivity contribution in [1.29, 1.82) is 0 Å². The number of benzene rings is 1. The molecule has 0 spiro atoms. The summed E-state index contributed by atoms with van der Waals surface area (Å²) in [6.45, 7) is 5.22. The first-order valence-corrected chi connectivity index (χ1v) is 6.11. The van der Waals surface area contributed by atoms with E-state index >= 15 is 0 Å². The van der Waals surface area contributed by atoms with Crippen molar-refractivity contribution in [1.82, 2.24) is 4.90 Å². The zero-order chi connectivity index (χ0) is 12.7. The molecular formula is C14H21NO2. The second-order valence-electron chi connectivity index (χ2n) is 4.27. The zero-order valence-corrected chi connectivity index (χ0v) is 10.6. The topological polar surface area (TPSA) is 40.5 Å². The van der Waals surface area contributed by atoms with E-state index in [1.54, 1.807) is 4.90 Å². The van der Waals surface area contributed by atoms with E-state index in [2.05, 4.69) is 0 Å². The Morgan fingerprint density at radius 3 is 2.71 bits per heavy atom. The van der Waals surface area contributed by atoms with Crippen LogP contribution in [0.1, 0.15) is 24.5 Å². The lowest BCUT2D eigenvalue weighted by Gasteiger charge is -2.21. The van der Waals surface area contributed by atoms with Gasteiger partial charge in [-0.05, 0) is 18.9 Å². The molecule has 3 heteroatoms. The summed E-state index contributed by atoms with van der Waals surface area (Å²) in [6.07, 6.45) is 1.33. The molecule has 1 N–H and O–H groups in total. The predicted molar refractivity (Wildman–Crippen MR) is 68.8 cm³/mol. The maximum absolute atomic E-state index is 12.0. The van der Waals surface area contributed by atoms with Crippen LogP contribution in [0.3, 0.4) is 0 Å². The smallest absolute Gasteiger partial charge is 0.227 e. The molecule has 1 aromatic carbocycles. The summed E-state index contributed by atoms with van der Waals surface area (Å²) in [5, 5.41) is 8.93. The Labute approximate surface area is 103 Å². The summed E-state index contributed by atoms with van der Waals surface area (Å²) in [5.74, 6) is 0.0894. The van der Waals surface area contributed by atoms with Crippen LogP contribution in [0.4, 0.5) is 0 Å². The van der Waals surface area contributed by atoms with Crippen LogP contribution in [0.2, 0.25) is 0 Å². The molecule has 0 aliphatic heterocycles. The van der Waals surface area contributed by atoms with E-state index in [0.29, 0.717) is 19.5 Å².